The van der Waals surface area contributed by atoms with Crippen LogP contribution in [0, 0.1) is 0 Å². The fourth-order valence-corrected chi connectivity index (χ4v) is 2.52. The van der Waals surface area contributed by atoms with E-state index in [0.717, 1.165) is 10.7 Å². The molecule has 0 aliphatic rings. The Hall–Kier alpha value is -2.42. The summed E-state index contributed by atoms with van der Waals surface area (Å²) in [4.78, 5) is 15.5. The van der Waals surface area contributed by atoms with E-state index < -0.39 is 5.97 Å². The van der Waals surface area contributed by atoms with Crippen LogP contribution in [0.5, 0.6) is 0 Å². The molecule has 3 aromatic heterocycles. The zero-order valence-corrected chi connectivity index (χ0v) is 11.3. The van der Waals surface area contributed by atoms with Crippen molar-refractivity contribution in [1.82, 2.24) is 29.6 Å². The normalized spacial score (nSPS) is 10.8. The van der Waals surface area contributed by atoms with Gasteiger partial charge in [-0.3, -0.25) is 9.20 Å². The van der Waals surface area contributed by atoms with E-state index in [1.807, 2.05) is 28.8 Å². The summed E-state index contributed by atoms with van der Waals surface area (Å²) in [5.74, 6) is -0.403. The van der Waals surface area contributed by atoms with Gasteiger partial charge in [0.05, 0.1) is 12.1 Å². The van der Waals surface area contributed by atoms with E-state index >= 15 is 0 Å². The van der Waals surface area contributed by atoms with Gasteiger partial charge in [0.25, 0.3) is 0 Å². The van der Waals surface area contributed by atoms with Crippen LogP contribution >= 0.6 is 11.8 Å². The minimum absolute atomic E-state index is 0.0221. The number of pyridine rings is 1. The molecule has 3 heterocycles. The van der Waals surface area contributed by atoms with E-state index in [4.69, 9.17) is 0 Å². The first-order chi connectivity index (χ1) is 9.78. The minimum Gasteiger partial charge on any atom is -0.468 e. The fraction of sp³-hybridized carbons (Fsp3) is 0.182. The highest BCUT2D eigenvalue weighted by atomic mass is 32.2. The number of carbonyl (C=O) groups is 1. The molecule has 0 fully saturated rings. The molecule has 0 aliphatic heterocycles. The summed E-state index contributed by atoms with van der Waals surface area (Å²) in [6.45, 7) is -0.0221. The average Bonchev–Trinajstić information content (AvgIpc) is 3.09. The number of ether oxygens (including phenoxy) is 1. The Labute approximate surface area is 117 Å². The standard InChI is InChI=1S/C11H10N6O2S/c1-19-10(18)7-17-11(13-14-15-17)20-9-4-2-3-8-12-5-6-16(8)9/h2-6H,7H2,1H3. The van der Waals surface area contributed by atoms with E-state index in [1.165, 1.54) is 23.6 Å². The third-order valence-corrected chi connectivity index (χ3v) is 3.61. The van der Waals surface area contributed by atoms with Gasteiger partial charge in [-0.15, -0.1) is 5.10 Å². The number of hydrogen-bond donors (Lipinski definition) is 0. The zero-order valence-electron chi connectivity index (χ0n) is 10.5. The largest absolute Gasteiger partial charge is 0.468 e. The Morgan fingerprint density at radius 2 is 2.35 bits per heavy atom. The SMILES string of the molecule is COC(=O)Cn1nnnc1Sc1cccc2nccn12. The number of hydrogen-bond acceptors (Lipinski definition) is 7. The first-order valence-electron chi connectivity index (χ1n) is 5.71. The second kappa shape index (κ2) is 5.29. The number of tetrazole rings is 1. The maximum absolute atomic E-state index is 11.3. The van der Waals surface area contributed by atoms with E-state index in [0.29, 0.717) is 5.16 Å². The van der Waals surface area contributed by atoms with Crippen molar-refractivity contribution in [2.24, 2.45) is 0 Å². The maximum atomic E-state index is 11.3. The van der Waals surface area contributed by atoms with Crippen molar-refractivity contribution in [3.05, 3.63) is 30.6 Å². The van der Waals surface area contributed by atoms with Gasteiger partial charge in [-0.25, -0.2) is 9.67 Å². The lowest BCUT2D eigenvalue weighted by molar-refractivity contribution is -0.141. The van der Waals surface area contributed by atoms with Gasteiger partial charge in [0, 0.05) is 12.4 Å². The third-order valence-electron chi connectivity index (χ3n) is 2.59. The molecule has 0 saturated carbocycles. The lowest BCUT2D eigenvalue weighted by atomic mass is 10.5. The number of esters is 1. The van der Waals surface area contributed by atoms with Gasteiger partial charge in [0.15, 0.2) is 0 Å². The van der Waals surface area contributed by atoms with Crippen molar-refractivity contribution >= 4 is 23.4 Å². The molecular formula is C11H10N6O2S. The van der Waals surface area contributed by atoms with Crippen molar-refractivity contribution in [2.45, 2.75) is 16.7 Å². The van der Waals surface area contributed by atoms with Crippen LogP contribution in [-0.2, 0) is 16.1 Å². The lowest BCUT2D eigenvalue weighted by Gasteiger charge is -2.05. The molecule has 102 valence electrons. The van der Waals surface area contributed by atoms with Gasteiger partial charge in [0.2, 0.25) is 5.16 Å². The Bertz CT molecular complexity index is 752. The van der Waals surface area contributed by atoms with Crippen LogP contribution in [-0.4, -0.2) is 42.7 Å². The summed E-state index contributed by atoms with van der Waals surface area (Å²) in [7, 11) is 1.33. The second-order valence-corrected chi connectivity index (χ2v) is 4.80. The van der Waals surface area contributed by atoms with Gasteiger partial charge in [0.1, 0.15) is 12.2 Å². The van der Waals surface area contributed by atoms with Crippen molar-refractivity contribution in [3.63, 3.8) is 0 Å². The molecule has 0 spiro atoms. The number of carbonyl (C=O) groups excluding carboxylic acids is 1. The predicted octanol–water partition coefficient (Wildman–Crippen LogP) is 0.645. The minimum atomic E-state index is -0.403. The van der Waals surface area contributed by atoms with E-state index in [-0.39, 0.29) is 6.54 Å². The number of nitrogens with zero attached hydrogens (tertiary/aromatic N) is 6. The molecule has 20 heavy (non-hydrogen) atoms. The number of aromatic nitrogens is 6. The van der Waals surface area contributed by atoms with E-state index in [2.05, 4.69) is 25.2 Å². The fourth-order valence-electron chi connectivity index (χ4n) is 1.65. The molecule has 0 N–H and O–H groups in total. The monoisotopic (exact) mass is 290 g/mol. The molecule has 0 saturated heterocycles. The molecule has 3 aromatic rings. The van der Waals surface area contributed by atoms with E-state index in [1.54, 1.807) is 6.20 Å². The van der Waals surface area contributed by atoms with Gasteiger partial charge in [-0.1, -0.05) is 6.07 Å². The highest BCUT2D eigenvalue weighted by Gasteiger charge is 2.13. The second-order valence-electron chi connectivity index (χ2n) is 3.82. The van der Waals surface area contributed by atoms with Gasteiger partial charge < -0.3 is 4.74 Å². The molecule has 0 aliphatic carbocycles. The average molecular weight is 290 g/mol. The highest BCUT2D eigenvalue weighted by Crippen LogP contribution is 2.25. The smallest absolute Gasteiger partial charge is 0.327 e. The number of rotatable bonds is 4. The van der Waals surface area contributed by atoms with Crippen LogP contribution in [0.1, 0.15) is 0 Å². The molecule has 9 heteroatoms. The highest BCUT2D eigenvalue weighted by molar-refractivity contribution is 7.99. The summed E-state index contributed by atoms with van der Waals surface area (Å²) in [5.41, 5.74) is 0.835. The number of imidazole rings is 1. The maximum Gasteiger partial charge on any atom is 0.327 e. The Kier molecular flexibility index (Phi) is 3.33. The molecule has 0 bridgehead atoms. The van der Waals surface area contributed by atoms with E-state index in [9.17, 15) is 4.79 Å². The first kappa shape index (κ1) is 12.6. The van der Waals surface area contributed by atoms with Gasteiger partial charge in [-0.2, -0.15) is 0 Å². The van der Waals surface area contributed by atoms with Crippen molar-refractivity contribution in [3.8, 4) is 0 Å². The molecular weight excluding hydrogens is 280 g/mol. The molecule has 0 atom stereocenters. The molecule has 0 amide bonds. The quantitative estimate of drug-likeness (QED) is 0.652. The van der Waals surface area contributed by atoms with Crippen molar-refractivity contribution in [2.75, 3.05) is 7.11 Å². The van der Waals surface area contributed by atoms with Crippen molar-refractivity contribution in [1.29, 1.82) is 0 Å². The molecule has 0 radical (unpaired) electrons. The van der Waals surface area contributed by atoms with Gasteiger partial charge >= 0.3 is 5.97 Å². The van der Waals surface area contributed by atoms with Crippen molar-refractivity contribution < 1.29 is 9.53 Å². The molecule has 8 nitrogen and oxygen atoms in total. The molecule has 0 unspecified atom stereocenters. The van der Waals surface area contributed by atoms with Crippen LogP contribution in [0.15, 0.2) is 40.8 Å². The molecule has 3 rings (SSSR count). The van der Waals surface area contributed by atoms with Crippen LogP contribution in [0.4, 0.5) is 0 Å². The van der Waals surface area contributed by atoms with Crippen LogP contribution in [0.25, 0.3) is 5.65 Å². The summed E-state index contributed by atoms with van der Waals surface area (Å²) in [5, 5.41) is 12.7. The Morgan fingerprint density at radius 3 is 3.20 bits per heavy atom. The van der Waals surface area contributed by atoms with Crippen LogP contribution in [0.2, 0.25) is 0 Å². The first-order valence-corrected chi connectivity index (χ1v) is 6.52. The van der Waals surface area contributed by atoms with Crippen LogP contribution < -0.4 is 0 Å². The Morgan fingerprint density at radius 1 is 1.45 bits per heavy atom. The zero-order chi connectivity index (χ0) is 13.9. The predicted molar refractivity (Wildman–Crippen MR) is 69.1 cm³/mol. The number of methoxy groups -OCH3 is 1. The summed E-state index contributed by atoms with van der Waals surface area (Å²) in [6.07, 6.45) is 3.57. The summed E-state index contributed by atoms with van der Waals surface area (Å²) in [6, 6.07) is 5.73. The lowest BCUT2D eigenvalue weighted by Crippen LogP contribution is -2.13. The topological polar surface area (TPSA) is 87.2 Å². The van der Waals surface area contributed by atoms with Gasteiger partial charge in [-0.05, 0) is 34.3 Å². The number of fused-ring (bicyclic) bond motifs is 1. The summed E-state index contributed by atoms with van der Waals surface area (Å²) >= 11 is 1.35. The van der Waals surface area contributed by atoms with Crippen LogP contribution in [0.3, 0.4) is 0 Å². The Balaban J connectivity index is 1.90. The molecule has 0 aromatic carbocycles. The third kappa shape index (κ3) is 2.35. The summed E-state index contributed by atoms with van der Waals surface area (Å²) < 4.78 is 7.92.